The van der Waals surface area contributed by atoms with Gasteiger partial charge < -0.3 is 15.0 Å². The normalized spacial score (nSPS) is 27.4. The molecule has 1 aliphatic heterocycles. The second kappa shape index (κ2) is 10.6. The van der Waals surface area contributed by atoms with Crippen LogP contribution in [0.1, 0.15) is 65.2 Å². The molecule has 2 aliphatic carbocycles. The Morgan fingerprint density at radius 1 is 1.09 bits per heavy atom. The van der Waals surface area contributed by atoms with Crippen LogP contribution in [-0.4, -0.2) is 46.0 Å². The van der Waals surface area contributed by atoms with E-state index in [9.17, 15) is 18.0 Å². The van der Waals surface area contributed by atoms with Crippen LogP contribution in [0.2, 0.25) is 0 Å². The maximum Gasteiger partial charge on any atom is 0.240 e. The molecule has 2 saturated carbocycles. The number of ether oxygens (including phenoxy) is 1. The number of anilines is 1. The van der Waals surface area contributed by atoms with Crippen LogP contribution in [0.15, 0.2) is 23.1 Å². The number of fused-ring (bicyclic) bond motifs is 1. The Balaban J connectivity index is 1.29. The van der Waals surface area contributed by atoms with E-state index in [1.165, 1.54) is 43.2 Å². The Hall–Kier alpha value is -2.13. The van der Waals surface area contributed by atoms with Gasteiger partial charge in [0, 0.05) is 25.4 Å². The molecule has 2 fully saturated rings. The Kier molecular flexibility index (Phi) is 7.82. The molecule has 0 saturated heterocycles. The van der Waals surface area contributed by atoms with Crippen LogP contribution >= 0.6 is 0 Å². The van der Waals surface area contributed by atoms with Crippen molar-refractivity contribution in [1.29, 1.82) is 0 Å². The molecule has 9 heteroatoms. The van der Waals surface area contributed by atoms with Crippen LogP contribution in [-0.2, 0) is 19.6 Å². The largest absolute Gasteiger partial charge is 0.490 e. The van der Waals surface area contributed by atoms with E-state index in [2.05, 4.69) is 17.0 Å². The summed E-state index contributed by atoms with van der Waals surface area (Å²) in [5, 5.41) is 3.28. The molecule has 0 aromatic heterocycles. The number of rotatable bonds is 6. The van der Waals surface area contributed by atoms with Gasteiger partial charge in [0.1, 0.15) is 12.4 Å². The minimum Gasteiger partial charge on any atom is -0.490 e. The quantitative estimate of drug-likeness (QED) is 0.636. The van der Waals surface area contributed by atoms with Crippen molar-refractivity contribution in [3.63, 3.8) is 0 Å². The summed E-state index contributed by atoms with van der Waals surface area (Å²) in [6.45, 7) is 4.81. The number of nitrogens with one attached hydrogen (secondary N) is 2. The second-order valence-electron chi connectivity index (χ2n) is 10.1. The molecule has 8 nitrogen and oxygen atoms in total. The molecule has 2 unspecified atom stereocenters. The maximum absolute atomic E-state index is 12.9. The van der Waals surface area contributed by atoms with Crippen molar-refractivity contribution in [2.75, 3.05) is 24.6 Å². The van der Waals surface area contributed by atoms with E-state index in [-0.39, 0.29) is 28.5 Å². The summed E-state index contributed by atoms with van der Waals surface area (Å²) in [4.78, 5) is 26.3. The van der Waals surface area contributed by atoms with E-state index in [1.807, 2.05) is 0 Å². The van der Waals surface area contributed by atoms with Gasteiger partial charge in [-0.3, -0.25) is 9.59 Å². The number of hydrogen-bond donors (Lipinski definition) is 2. The fourth-order valence-corrected chi connectivity index (χ4v) is 6.60. The van der Waals surface area contributed by atoms with Gasteiger partial charge in [0.15, 0.2) is 0 Å². The van der Waals surface area contributed by atoms with Crippen molar-refractivity contribution in [3.8, 4) is 5.75 Å². The van der Waals surface area contributed by atoms with Crippen molar-refractivity contribution in [1.82, 2.24) is 10.0 Å². The van der Waals surface area contributed by atoms with Gasteiger partial charge in [-0.1, -0.05) is 19.8 Å². The molecule has 34 heavy (non-hydrogen) atoms. The van der Waals surface area contributed by atoms with Crippen molar-refractivity contribution in [2.45, 2.75) is 76.2 Å². The van der Waals surface area contributed by atoms with Crippen LogP contribution in [0.25, 0.3) is 0 Å². The molecule has 188 valence electrons. The number of benzene rings is 1. The monoisotopic (exact) mass is 491 g/mol. The number of hydrogen-bond acceptors (Lipinski definition) is 5. The fraction of sp³-hybridized carbons (Fsp3) is 0.680. The molecule has 1 aromatic carbocycles. The highest BCUT2D eigenvalue weighted by Crippen LogP contribution is 2.34. The molecule has 1 aromatic rings. The third kappa shape index (κ3) is 5.74. The summed E-state index contributed by atoms with van der Waals surface area (Å²) >= 11 is 0. The Morgan fingerprint density at radius 3 is 2.53 bits per heavy atom. The maximum atomic E-state index is 12.9. The molecule has 0 bridgehead atoms. The first-order chi connectivity index (χ1) is 16.2. The van der Waals surface area contributed by atoms with Crippen molar-refractivity contribution < 1.29 is 22.7 Å². The predicted octanol–water partition coefficient (Wildman–Crippen LogP) is 3.21. The lowest BCUT2D eigenvalue weighted by Crippen LogP contribution is -2.44. The smallest absolute Gasteiger partial charge is 0.240 e. The van der Waals surface area contributed by atoms with Crippen LogP contribution in [0.3, 0.4) is 0 Å². The van der Waals surface area contributed by atoms with Crippen molar-refractivity contribution in [2.24, 2.45) is 17.8 Å². The number of sulfonamides is 1. The van der Waals surface area contributed by atoms with Crippen LogP contribution < -0.4 is 19.7 Å². The van der Waals surface area contributed by atoms with E-state index >= 15 is 0 Å². The highest BCUT2D eigenvalue weighted by Gasteiger charge is 2.31. The van der Waals surface area contributed by atoms with Gasteiger partial charge in [-0.25, -0.2) is 13.1 Å². The molecule has 2 atom stereocenters. The van der Waals surface area contributed by atoms with Gasteiger partial charge in [0.2, 0.25) is 21.8 Å². The lowest BCUT2D eigenvalue weighted by molar-refractivity contribution is -0.127. The number of nitrogens with zero attached hydrogens (tertiary/aromatic N) is 1. The van der Waals surface area contributed by atoms with Crippen molar-refractivity contribution in [3.05, 3.63) is 18.2 Å². The minimum atomic E-state index is -3.72. The summed E-state index contributed by atoms with van der Waals surface area (Å²) in [7, 11) is -3.72. The van der Waals surface area contributed by atoms with Crippen LogP contribution in [0.5, 0.6) is 5.75 Å². The number of carbonyl (C=O) groups is 2. The van der Waals surface area contributed by atoms with Crippen molar-refractivity contribution >= 4 is 27.5 Å². The Morgan fingerprint density at radius 2 is 1.82 bits per heavy atom. The molecular weight excluding hydrogens is 454 g/mol. The lowest BCUT2D eigenvalue weighted by Gasteiger charge is -2.33. The SMILES string of the molecule is CC(=O)N1CCOc2ccc(S(=O)(=O)NCC3CCC(C(=O)NC4CCCCC4C)CC3)cc21. The Labute approximate surface area is 202 Å². The Bertz CT molecular complexity index is 1000. The summed E-state index contributed by atoms with van der Waals surface area (Å²) in [5.41, 5.74) is 0.487. The summed E-state index contributed by atoms with van der Waals surface area (Å²) in [6.07, 6.45) is 7.94. The zero-order valence-corrected chi connectivity index (χ0v) is 21.0. The van der Waals surface area contributed by atoms with E-state index in [0.29, 0.717) is 43.1 Å². The standard InChI is InChI=1S/C25H37N3O5S/c1-17-5-3-4-6-22(17)27-25(30)20-9-7-19(8-10-20)16-26-34(31,32)21-11-12-24-23(15-21)28(18(2)29)13-14-33-24/h11-12,15,17,19-20,22,26H,3-10,13-14,16H2,1-2H3,(H,27,30). The van der Waals surface area contributed by atoms with Gasteiger partial charge in [-0.2, -0.15) is 0 Å². The van der Waals surface area contributed by atoms with Gasteiger partial charge in [-0.15, -0.1) is 0 Å². The molecule has 2 N–H and O–H groups in total. The first-order valence-electron chi connectivity index (χ1n) is 12.6. The van der Waals surface area contributed by atoms with Gasteiger partial charge in [0.25, 0.3) is 0 Å². The van der Waals surface area contributed by atoms with E-state index in [0.717, 1.165) is 32.1 Å². The van der Waals surface area contributed by atoms with Gasteiger partial charge >= 0.3 is 0 Å². The van der Waals surface area contributed by atoms with E-state index < -0.39 is 10.0 Å². The molecule has 0 radical (unpaired) electrons. The summed E-state index contributed by atoms with van der Waals surface area (Å²) < 4.78 is 34.2. The molecule has 2 amide bonds. The number of carbonyl (C=O) groups excluding carboxylic acids is 2. The van der Waals surface area contributed by atoms with Crippen LogP contribution in [0, 0.1) is 17.8 Å². The average molecular weight is 492 g/mol. The minimum absolute atomic E-state index is 0.0280. The predicted molar refractivity (Wildman–Crippen MR) is 130 cm³/mol. The van der Waals surface area contributed by atoms with Gasteiger partial charge in [-0.05, 0) is 68.6 Å². The molecular formula is C25H37N3O5S. The molecule has 3 aliphatic rings. The zero-order chi connectivity index (χ0) is 24.3. The first kappa shape index (κ1) is 25.0. The molecule has 1 heterocycles. The lowest BCUT2D eigenvalue weighted by atomic mass is 9.80. The third-order valence-electron chi connectivity index (χ3n) is 7.70. The highest BCUT2D eigenvalue weighted by atomic mass is 32.2. The second-order valence-corrected chi connectivity index (χ2v) is 11.9. The molecule has 4 rings (SSSR count). The average Bonchev–Trinajstić information content (AvgIpc) is 2.83. The van der Waals surface area contributed by atoms with E-state index in [1.54, 1.807) is 6.07 Å². The van der Waals surface area contributed by atoms with Gasteiger partial charge in [0.05, 0.1) is 17.1 Å². The fourth-order valence-electron chi connectivity index (χ4n) is 5.46. The summed E-state index contributed by atoms with van der Waals surface area (Å²) in [6, 6.07) is 4.92. The number of amides is 2. The first-order valence-corrected chi connectivity index (χ1v) is 14.1. The topological polar surface area (TPSA) is 105 Å². The summed E-state index contributed by atoms with van der Waals surface area (Å²) in [5.74, 6) is 1.32. The van der Waals surface area contributed by atoms with Crippen LogP contribution in [0.4, 0.5) is 5.69 Å². The zero-order valence-electron chi connectivity index (χ0n) is 20.2. The highest BCUT2D eigenvalue weighted by molar-refractivity contribution is 7.89. The molecule has 0 spiro atoms. The third-order valence-corrected chi connectivity index (χ3v) is 9.12. The van der Waals surface area contributed by atoms with E-state index in [4.69, 9.17) is 4.74 Å².